The number of rotatable bonds is 3. The first-order valence-electron chi connectivity index (χ1n) is 3.57. The number of ether oxygens (including phenoxy) is 1. The fourth-order valence-corrected chi connectivity index (χ4v) is 1.38. The van der Waals surface area contributed by atoms with Crippen LogP contribution in [-0.4, -0.2) is 20.0 Å². The number of hydrogen-bond acceptors (Lipinski definition) is 4. The zero-order chi connectivity index (χ0) is 9.90. The third kappa shape index (κ3) is 2.38. The van der Waals surface area contributed by atoms with Crippen LogP contribution < -0.4 is 4.74 Å². The van der Waals surface area contributed by atoms with E-state index in [1.807, 2.05) is 0 Å². The highest BCUT2D eigenvalue weighted by Gasteiger charge is 2.18. The van der Waals surface area contributed by atoms with Gasteiger partial charge in [0.2, 0.25) is 0 Å². The van der Waals surface area contributed by atoms with Crippen LogP contribution in [0, 0.1) is 0 Å². The van der Waals surface area contributed by atoms with E-state index in [1.54, 1.807) is 6.92 Å². The fraction of sp³-hybridized carbons (Fsp3) is 0.286. The molecule has 13 heavy (non-hydrogen) atoms. The Balaban J connectivity index is 3.20. The summed E-state index contributed by atoms with van der Waals surface area (Å²) in [4.78, 5) is 2.96. The summed E-state index contributed by atoms with van der Waals surface area (Å²) < 4.78 is 38.5. The van der Waals surface area contributed by atoms with E-state index in [0.717, 1.165) is 6.20 Å². The molecule has 4 nitrogen and oxygen atoms in total. The van der Waals surface area contributed by atoms with Crippen LogP contribution in [0.3, 0.4) is 0 Å². The summed E-state index contributed by atoms with van der Waals surface area (Å²) in [6, 6.07) is 1.30. The molecule has 1 rings (SSSR count). The van der Waals surface area contributed by atoms with Crippen LogP contribution in [0.2, 0.25) is 0 Å². The topological polar surface area (TPSA) is 56.3 Å². The van der Waals surface area contributed by atoms with Gasteiger partial charge in [0.15, 0.2) is 4.90 Å². The highest BCUT2D eigenvalue weighted by Crippen LogP contribution is 2.23. The lowest BCUT2D eigenvalue weighted by molar-refractivity contribution is 0.330. The largest absolute Gasteiger partial charge is 0.492 e. The fourth-order valence-electron chi connectivity index (χ4n) is 0.825. The molecule has 1 heterocycles. The van der Waals surface area contributed by atoms with Gasteiger partial charge in [0, 0.05) is 6.20 Å². The third-order valence-electron chi connectivity index (χ3n) is 1.31. The summed E-state index contributed by atoms with van der Waals surface area (Å²) in [5.74, 6) is -0.0139. The molecule has 0 bridgehead atoms. The van der Waals surface area contributed by atoms with Gasteiger partial charge in [0.1, 0.15) is 5.75 Å². The molecule has 0 unspecified atom stereocenters. The average Bonchev–Trinajstić information content (AvgIpc) is 2.04. The molecule has 0 aliphatic rings. The van der Waals surface area contributed by atoms with Crippen LogP contribution in [0.4, 0.5) is 3.89 Å². The minimum atomic E-state index is -4.74. The molecule has 72 valence electrons. The average molecular weight is 205 g/mol. The second kappa shape index (κ2) is 3.69. The van der Waals surface area contributed by atoms with Crippen LogP contribution in [0.25, 0.3) is 0 Å². The summed E-state index contributed by atoms with van der Waals surface area (Å²) in [6.45, 7) is 1.95. The van der Waals surface area contributed by atoms with E-state index in [0.29, 0.717) is 0 Å². The monoisotopic (exact) mass is 205 g/mol. The maximum Gasteiger partial charge on any atom is 0.337 e. The van der Waals surface area contributed by atoms with Crippen LogP contribution in [-0.2, 0) is 10.2 Å². The second-order valence-corrected chi connectivity index (χ2v) is 3.51. The molecule has 1 aromatic heterocycles. The lowest BCUT2D eigenvalue weighted by Crippen LogP contribution is -2.00. The Bertz CT molecular complexity index is 390. The predicted molar refractivity (Wildman–Crippen MR) is 43.7 cm³/mol. The van der Waals surface area contributed by atoms with E-state index in [1.165, 1.54) is 12.3 Å². The first-order chi connectivity index (χ1) is 6.05. The Kier molecular flexibility index (Phi) is 2.82. The molecule has 0 aliphatic heterocycles. The first-order valence-corrected chi connectivity index (χ1v) is 4.95. The minimum Gasteiger partial charge on any atom is -0.492 e. The van der Waals surface area contributed by atoms with E-state index in [4.69, 9.17) is 4.74 Å². The van der Waals surface area contributed by atoms with Crippen LogP contribution >= 0.6 is 0 Å². The van der Waals surface area contributed by atoms with Crippen molar-refractivity contribution >= 4 is 10.2 Å². The Morgan fingerprint density at radius 1 is 1.62 bits per heavy atom. The van der Waals surface area contributed by atoms with Gasteiger partial charge in [0.05, 0.1) is 12.8 Å². The lowest BCUT2D eigenvalue weighted by Gasteiger charge is -2.04. The minimum absolute atomic E-state index is 0.0139. The van der Waals surface area contributed by atoms with Gasteiger partial charge in [-0.05, 0) is 13.0 Å². The Morgan fingerprint density at radius 2 is 2.31 bits per heavy atom. The molecule has 0 fully saturated rings. The zero-order valence-electron chi connectivity index (χ0n) is 6.90. The summed E-state index contributed by atoms with van der Waals surface area (Å²) in [5, 5.41) is 0. The van der Waals surface area contributed by atoms with Crippen molar-refractivity contribution in [3.05, 3.63) is 18.5 Å². The van der Waals surface area contributed by atoms with Crippen molar-refractivity contribution in [3.8, 4) is 5.75 Å². The molecule has 0 aromatic carbocycles. The van der Waals surface area contributed by atoms with Gasteiger partial charge < -0.3 is 4.74 Å². The molecule has 0 atom stereocenters. The SMILES string of the molecule is CCOc1ccncc1S(=O)(=O)F. The molecule has 1 aromatic rings. The van der Waals surface area contributed by atoms with Crippen molar-refractivity contribution in [1.82, 2.24) is 4.98 Å². The van der Waals surface area contributed by atoms with Crippen LogP contribution in [0.1, 0.15) is 6.92 Å². The quantitative estimate of drug-likeness (QED) is 0.694. The molecular weight excluding hydrogens is 197 g/mol. The van der Waals surface area contributed by atoms with Gasteiger partial charge in [-0.1, -0.05) is 0 Å². The van der Waals surface area contributed by atoms with E-state index in [-0.39, 0.29) is 12.4 Å². The molecule has 0 saturated heterocycles. The molecular formula is C7H8FNO3S. The third-order valence-corrected chi connectivity index (χ3v) is 2.14. The number of pyridine rings is 1. The number of nitrogens with zero attached hydrogens (tertiary/aromatic N) is 1. The second-order valence-electron chi connectivity index (χ2n) is 2.19. The Labute approximate surface area is 75.6 Å². The van der Waals surface area contributed by atoms with E-state index < -0.39 is 15.1 Å². The van der Waals surface area contributed by atoms with Crippen molar-refractivity contribution < 1.29 is 17.0 Å². The number of aromatic nitrogens is 1. The van der Waals surface area contributed by atoms with Crippen LogP contribution in [0.15, 0.2) is 23.4 Å². The summed E-state index contributed by atoms with van der Waals surface area (Å²) >= 11 is 0. The normalized spacial score (nSPS) is 11.2. The Morgan fingerprint density at radius 3 is 2.85 bits per heavy atom. The van der Waals surface area contributed by atoms with Crippen molar-refractivity contribution in [2.45, 2.75) is 11.8 Å². The molecule has 0 aliphatic carbocycles. The molecule has 0 spiro atoms. The highest BCUT2D eigenvalue weighted by atomic mass is 32.3. The smallest absolute Gasteiger partial charge is 0.337 e. The molecule has 6 heteroatoms. The Hall–Kier alpha value is -1.17. The van der Waals surface area contributed by atoms with Gasteiger partial charge >= 0.3 is 10.2 Å². The van der Waals surface area contributed by atoms with Crippen molar-refractivity contribution in [3.63, 3.8) is 0 Å². The van der Waals surface area contributed by atoms with E-state index in [2.05, 4.69) is 4.98 Å². The maximum absolute atomic E-state index is 12.6. The van der Waals surface area contributed by atoms with E-state index in [9.17, 15) is 12.3 Å². The predicted octanol–water partition coefficient (Wildman–Crippen LogP) is 1.14. The van der Waals surface area contributed by atoms with Gasteiger partial charge in [-0.25, -0.2) is 0 Å². The maximum atomic E-state index is 12.6. The summed E-state index contributed by atoms with van der Waals surface area (Å²) in [7, 11) is -4.74. The highest BCUT2D eigenvalue weighted by molar-refractivity contribution is 7.86. The van der Waals surface area contributed by atoms with Crippen LogP contribution in [0.5, 0.6) is 5.75 Å². The van der Waals surface area contributed by atoms with Crippen molar-refractivity contribution in [2.75, 3.05) is 6.61 Å². The van der Waals surface area contributed by atoms with Gasteiger partial charge in [-0.3, -0.25) is 4.98 Å². The molecule has 0 amide bonds. The van der Waals surface area contributed by atoms with Crippen molar-refractivity contribution in [2.24, 2.45) is 0 Å². The molecule has 0 radical (unpaired) electrons. The van der Waals surface area contributed by atoms with Gasteiger partial charge in [0.25, 0.3) is 0 Å². The zero-order valence-corrected chi connectivity index (χ0v) is 7.71. The van der Waals surface area contributed by atoms with E-state index >= 15 is 0 Å². The summed E-state index contributed by atoms with van der Waals surface area (Å²) in [6.07, 6.45) is 2.25. The first kappa shape index (κ1) is 9.91. The standard InChI is InChI=1S/C7H8FNO3S/c1-2-12-6-3-4-9-5-7(6)13(8,10)11/h3-5H,2H2,1H3. The number of halogens is 1. The molecule has 0 saturated carbocycles. The lowest BCUT2D eigenvalue weighted by atomic mass is 10.4. The van der Waals surface area contributed by atoms with Gasteiger partial charge in [-0.2, -0.15) is 8.42 Å². The number of hydrogen-bond donors (Lipinski definition) is 0. The molecule has 0 N–H and O–H groups in total. The van der Waals surface area contributed by atoms with Crippen molar-refractivity contribution in [1.29, 1.82) is 0 Å². The van der Waals surface area contributed by atoms with Gasteiger partial charge in [-0.15, -0.1) is 3.89 Å². The summed E-state index contributed by atoms with van der Waals surface area (Å²) in [5.41, 5.74) is 0.